The number of ether oxygens (including phenoxy) is 2. The zero-order chi connectivity index (χ0) is 18.0. The molecular weight excluding hydrogens is 441 g/mol. The fraction of sp³-hybridized carbons (Fsp3) is 0.350. The fourth-order valence-corrected chi connectivity index (χ4v) is 2.70. The first-order valence-electron chi connectivity index (χ1n) is 8.39. The number of hydrogen-bond acceptors (Lipinski definition) is 3. The number of aryl methyl sites for hydroxylation is 2. The molecule has 2 aromatic rings. The lowest BCUT2D eigenvalue weighted by atomic mass is 9.84. The second-order valence-corrected chi connectivity index (χ2v) is 7.08. The third-order valence-electron chi connectivity index (χ3n) is 4.58. The summed E-state index contributed by atoms with van der Waals surface area (Å²) in [6.45, 7) is 9.29. The molecule has 0 fully saturated rings. The molecule has 1 aliphatic rings. The summed E-state index contributed by atoms with van der Waals surface area (Å²) >= 11 is 0. The average Bonchev–Trinajstić information content (AvgIpc) is 3.04. The average molecular weight is 467 g/mol. The van der Waals surface area contributed by atoms with E-state index in [0.29, 0.717) is 12.5 Å². The summed E-state index contributed by atoms with van der Waals surface area (Å²) < 4.78 is 10.8. The van der Waals surface area contributed by atoms with Crippen molar-refractivity contribution in [1.82, 2.24) is 0 Å². The number of fused-ring (bicyclic) bond motifs is 1. The fourth-order valence-electron chi connectivity index (χ4n) is 2.70. The first kappa shape index (κ1) is 20.4. The Morgan fingerprint density at radius 2 is 1.81 bits per heavy atom. The molecule has 5 nitrogen and oxygen atoms in total. The highest BCUT2D eigenvalue weighted by atomic mass is 127. The zero-order valence-electron chi connectivity index (χ0n) is 15.6. The van der Waals surface area contributed by atoms with Crippen LogP contribution in [-0.2, 0) is 5.41 Å². The Bertz CT molecular complexity index is 819. The lowest BCUT2D eigenvalue weighted by Crippen LogP contribution is -2.27. The van der Waals surface area contributed by atoms with Gasteiger partial charge in [0.1, 0.15) is 0 Å². The number of nitrogens with one attached hydrogen (secondary N) is 1. The molecular formula is C20H26IN3O2. The van der Waals surface area contributed by atoms with Gasteiger partial charge in [-0.1, -0.05) is 26.0 Å². The number of benzene rings is 2. The highest BCUT2D eigenvalue weighted by Gasteiger charge is 2.24. The van der Waals surface area contributed by atoms with Crippen molar-refractivity contribution in [2.75, 3.05) is 18.7 Å². The standard InChI is InChI=1S/C20H25N3O2.HI/c1-13-5-7-16(9-14(13)2)23-19(21)22-11-20(3,4)15-6-8-17-18(10-15)25-12-24-17;/h5-10H,11-12H2,1-4H3,(H3,21,22,23);1H. The molecule has 140 valence electrons. The van der Waals surface area contributed by atoms with Crippen LogP contribution in [0.25, 0.3) is 0 Å². The summed E-state index contributed by atoms with van der Waals surface area (Å²) in [6, 6.07) is 12.2. The van der Waals surface area contributed by atoms with Crippen LogP contribution in [0.3, 0.4) is 0 Å². The van der Waals surface area contributed by atoms with Crippen molar-refractivity contribution in [1.29, 1.82) is 0 Å². The lowest BCUT2D eigenvalue weighted by molar-refractivity contribution is 0.174. The van der Waals surface area contributed by atoms with Gasteiger partial charge >= 0.3 is 0 Å². The van der Waals surface area contributed by atoms with Crippen LogP contribution < -0.4 is 20.5 Å². The summed E-state index contributed by atoms with van der Waals surface area (Å²) in [5.41, 5.74) is 10.5. The van der Waals surface area contributed by atoms with Crippen molar-refractivity contribution < 1.29 is 9.47 Å². The molecule has 3 N–H and O–H groups in total. The third-order valence-corrected chi connectivity index (χ3v) is 4.58. The van der Waals surface area contributed by atoms with Crippen molar-refractivity contribution in [3.8, 4) is 11.5 Å². The summed E-state index contributed by atoms with van der Waals surface area (Å²) in [5.74, 6) is 1.99. The Hall–Kier alpha value is -1.96. The van der Waals surface area contributed by atoms with E-state index in [0.717, 1.165) is 22.7 Å². The number of hydrogen-bond donors (Lipinski definition) is 2. The third kappa shape index (κ3) is 4.60. The molecule has 2 aromatic carbocycles. The van der Waals surface area contributed by atoms with Gasteiger partial charge in [-0.05, 0) is 54.8 Å². The summed E-state index contributed by atoms with van der Waals surface area (Å²) in [4.78, 5) is 4.52. The molecule has 1 heterocycles. The van der Waals surface area contributed by atoms with Crippen LogP contribution in [0.2, 0.25) is 0 Å². The molecule has 0 bridgehead atoms. The number of nitrogens with two attached hydrogens (primary N) is 1. The Morgan fingerprint density at radius 1 is 1.08 bits per heavy atom. The number of anilines is 1. The van der Waals surface area contributed by atoms with Crippen LogP contribution in [0, 0.1) is 13.8 Å². The van der Waals surface area contributed by atoms with Crippen LogP contribution in [0.4, 0.5) is 5.69 Å². The van der Waals surface area contributed by atoms with Crippen LogP contribution in [0.15, 0.2) is 41.4 Å². The minimum atomic E-state index is -0.170. The number of nitrogens with zero attached hydrogens (tertiary/aromatic N) is 1. The van der Waals surface area contributed by atoms with Crippen molar-refractivity contribution in [2.45, 2.75) is 33.1 Å². The maximum absolute atomic E-state index is 6.06. The van der Waals surface area contributed by atoms with Gasteiger partial charge in [0.25, 0.3) is 0 Å². The van der Waals surface area contributed by atoms with E-state index in [9.17, 15) is 0 Å². The zero-order valence-corrected chi connectivity index (χ0v) is 18.0. The molecule has 0 spiro atoms. The predicted molar refractivity (Wildman–Crippen MR) is 117 cm³/mol. The summed E-state index contributed by atoms with van der Waals surface area (Å²) in [5, 5.41) is 3.16. The number of guanidine groups is 1. The van der Waals surface area contributed by atoms with E-state index in [1.54, 1.807) is 0 Å². The molecule has 3 rings (SSSR count). The quantitative estimate of drug-likeness (QED) is 0.399. The van der Waals surface area contributed by atoms with Crippen LogP contribution in [0.1, 0.15) is 30.5 Å². The highest BCUT2D eigenvalue weighted by molar-refractivity contribution is 14.0. The van der Waals surface area contributed by atoms with Crippen LogP contribution >= 0.6 is 24.0 Å². The van der Waals surface area contributed by atoms with E-state index in [-0.39, 0.29) is 36.2 Å². The van der Waals surface area contributed by atoms with E-state index in [1.807, 2.05) is 18.2 Å². The van der Waals surface area contributed by atoms with Gasteiger partial charge in [0.05, 0.1) is 6.54 Å². The Kier molecular flexibility index (Phi) is 6.39. The first-order chi connectivity index (χ1) is 11.8. The summed E-state index contributed by atoms with van der Waals surface area (Å²) in [7, 11) is 0. The van der Waals surface area contributed by atoms with Gasteiger partial charge in [-0.25, -0.2) is 0 Å². The Labute approximate surface area is 172 Å². The minimum Gasteiger partial charge on any atom is -0.454 e. The molecule has 0 aliphatic carbocycles. The molecule has 0 saturated heterocycles. The Morgan fingerprint density at radius 3 is 2.54 bits per heavy atom. The van der Waals surface area contributed by atoms with Crippen LogP contribution in [-0.4, -0.2) is 19.3 Å². The second-order valence-electron chi connectivity index (χ2n) is 7.08. The normalized spacial score (nSPS) is 13.3. The molecule has 0 atom stereocenters. The second kappa shape index (κ2) is 8.16. The van der Waals surface area contributed by atoms with E-state index in [1.165, 1.54) is 11.1 Å². The van der Waals surface area contributed by atoms with Gasteiger partial charge in [0.2, 0.25) is 6.79 Å². The monoisotopic (exact) mass is 467 g/mol. The first-order valence-corrected chi connectivity index (χ1v) is 8.39. The van der Waals surface area contributed by atoms with Crippen LogP contribution in [0.5, 0.6) is 11.5 Å². The number of rotatable bonds is 4. The lowest BCUT2D eigenvalue weighted by Gasteiger charge is -2.23. The number of halogens is 1. The SMILES string of the molecule is Cc1ccc(NC(N)=NCC(C)(C)c2ccc3c(c2)OCO3)cc1C.I. The van der Waals surface area contributed by atoms with Crippen molar-refractivity contribution in [3.05, 3.63) is 53.1 Å². The largest absolute Gasteiger partial charge is 0.454 e. The van der Waals surface area contributed by atoms with E-state index in [2.05, 4.69) is 56.2 Å². The van der Waals surface area contributed by atoms with E-state index in [4.69, 9.17) is 15.2 Å². The maximum Gasteiger partial charge on any atom is 0.231 e. The topological polar surface area (TPSA) is 68.9 Å². The molecule has 6 heteroatoms. The molecule has 0 saturated carbocycles. The molecule has 1 aliphatic heterocycles. The highest BCUT2D eigenvalue weighted by Crippen LogP contribution is 2.36. The molecule has 0 aromatic heterocycles. The smallest absolute Gasteiger partial charge is 0.231 e. The predicted octanol–water partition coefficient (Wildman–Crippen LogP) is 4.35. The van der Waals surface area contributed by atoms with Gasteiger partial charge in [0.15, 0.2) is 17.5 Å². The van der Waals surface area contributed by atoms with Gasteiger partial charge in [0, 0.05) is 11.1 Å². The van der Waals surface area contributed by atoms with Crippen molar-refractivity contribution in [2.24, 2.45) is 10.7 Å². The van der Waals surface area contributed by atoms with E-state index < -0.39 is 0 Å². The minimum absolute atomic E-state index is 0. The molecule has 26 heavy (non-hydrogen) atoms. The van der Waals surface area contributed by atoms with Gasteiger partial charge in [-0.2, -0.15) is 0 Å². The summed E-state index contributed by atoms with van der Waals surface area (Å²) in [6.07, 6.45) is 0. The molecule has 0 unspecified atom stereocenters. The van der Waals surface area contributed by atoms with Crippen molar-refractivity contribution >= 4 is 35.6 Å². The van der Waals surface area contributed by atoms with Gasteiger partial charge < -0.3 is 20.5 Å². The van der Waals surface area contributed by atoms with E-state index >= 15 is 0 Å². The Balaban J connectivity index is 0.00000243. The molecule has 0 radical (unpaired) electrons. The number of aliphatic imine (C=N–C) groups is 1. The maximum atomic E-state index is 6.06. The van der Waals surface area contributed by atoms with Gasteiger partial charge in [-0.3, -0.25) is 4.99 Å². The van der Waals surface area contributed by atoms with Crippen molar-refractivity contribution in [3.63, 3.8) is 0 Å². The van der Waals surface area contributed by atoms with Gasteiger partial charge in [-0.15, -0.1) is 24.0 Å². The molecule has 0 amide bonds.